The Hall–Kier alpha value is -1.29. The molecule has 18 heavy (non-hydrogen) atoms. The van der Waals surface area contributed by atoms with Crippen molar-refractivity contribution >= 4 is 46.0 Å². The van der Waals surface area contributed by atoms with Gasteiger partial charge in [-0.3, -0.25) is 0 Å². The maximum Gasteiger partial charge on any atom is 0.230 e. The van der Waals surface area contributed by atoms with Crippen LogP contribution in [0.15, 0.2) is 34.9 Å². The monoisotopic (exact) mass is 298 g/mol. The second-order valence-electron chi connectivity index (χ2n) is 3.59. The van der Waals surface area contributed by atoms with Gasteiger partial charge in [-0.05, 0) is 24.3 Å². The highest BCUT2D eigenvalue weighted by Gasteiger charge is 2.15. The molecule has 0 fully saturated rings. The first-order valence-corrected chi connectivity index (χ1v) is 6.15. The number of hydrogen-bond donors (Lipinski definition) is 0. The molecule has 0 unspecified atom stereocenters. The van der Waals surface area contributed by atoms with Crippen molar-refractivity contribution in [1.29, 1.82) is 0 Å². The zero-order chi connectivity index (χ0) is 12.7. The van der Waals surface area contributed by atoms with Crippen LogP contribution < -0.4 is 0 Å². The first kappa shape index (κ1) is 11.8. The molecule has 0 N–H and O–H groups in total. The lowest BCUT2D eigenvalue weighted by Gasteiger charge is -2.02. The fraction of sp³-hybridized carbons (Fsp3) is 0. The van der Waals surface area contributed by atoms with Crippen LogP contribution >= 0.6 is 34.8 Å². The van der Waals surface area contributed by atoms with Crippen LogP contribution in [0.1, 0.15) is 0 Å². The molecule has 2 aromatic heterocycles. The minimum atomic E-state index is 0.345. The molecule has 1 aromatic carbocycles. The summed E-state index contributed by atoms with van der Waals surface area (Å²) in [5, 5.41) is 1.18. The summed E-state index contributed by atoms with van der Waals surface area (Å²) >= 11 is 18.0. The molecule has 0 saturated carbocycles. The number of aromatic nitrogens is 2. The van der Waals surface area contributed by atoms with E-state index in [4.69, 9.17) is 39.2 Å². The molecule has 3 nitrogen and oxygen atoms in total. The number of hydrogen-bond acceptors (Lipinski definition) is 3. The van der Waals surface area contributed by atoms with Gasteiger partial charge in [-0.2, -0.15) is 4.98 Å². The second-order valence-corrected chi connectivity index (χ2v) is 4.81. The van der Waals surface area contributed by atoms with Crippen LogP contribution in [0.5, 0.6) is 0 Å². The van der Waals surface area contributed by atoms with Gasteiger partial charge in [0.1, 0.15) is 0 Å². The molecule has 0 bridgehead atoms. The topological polar surface area (TPSA) is 38.9 Å². The Morgan fingerprint density at radius 2 is 1.94 bits per heavy atom. The van der Waals surface area contributed by atoms with E-state index in [2.05, 4.69) is 9.97 Å². The van der Waals surface area contributed by atoms with Gasteiger partial charge in [0.15, 0.2) is 11.2 Å². The van der Waals surface area contributed by atoms with Crippen molar-refractivity contribution in [2.24, 2.45) is 0 Å². The van der Waals surface area contributed by atoms with Crippen molar-refractivity contribution in [3.05, 3.63) is 45.5 Å². The van der Waals surface area contributed by atoms with Gasteiger partial charge < -0.3 is 4.42 Å². The maximum absolute atomic E-state index is 6.12. The van der Waals surface area contributed by atoms with Crippen molar-refractivity contribution in [3.8, 4) is 11.5 Å². The summed E-state index contributed by atoms with van der Waals surface area (Å²) in [6.07, 6.45) is 1.64. The van der Waals surface area contributed by atoms with Crippen molar-refractivity contribution in [2.45, 2.75) is 0 Å². The number of halogens is 3. The standard InChI is InChI=1S/C12H5Cl3N2O/c13-6-4-7(10(15)8(14)5-6)12-17-11-9(18-12)2-1-3-16-11/h1-5H. The van der Waals surface area contributed by atoms with Crippen molar-refractivity contribution in [3.63, 3.8) is 0 Å². The van der Waals surface area contributed by atoms with Gasteiger partial charge in [0, 0.05) is 11.2 Å². The van der Waals surface area contributed by atoms with Gasteiger partial charge in [-0.1, -0.05) is 34.8 Å². The van der Waals surface area contributed by atoms with Gasteiger partial charge in [0.25, 0.3) is 0 Å². The first-order chi connectivity index (χ1) is 8.65. The Kier molecular flexibility index (Phi) is 2.90. The molecule has 0 radical (unpaired) electrons. The quantitative estimate of drug-likeness (QED) is 0.603. The highest BCUT2D eigenvalue weighted by molar-refractivity contribution is 6.44. The Morgan fingerprint density at radius 3 is 2.72 bits per heavy atom. The number of fused-ring (bicyclic) bond motifs is 1. The first-order valence-electron chi connectivity index (χ1n) is 5.01. The molecule has 0 aliphatic carbocycles. The maximum atomic E-state index is 6.12. The summed E-state index contributed by atoms with van der Waals surface area (Å²) in [4.78, 5) is 8.33. The second kappa shape index (κ2) is 4.43. The lowest BCUT2D eigenvalue weighted by Crippen LogP contribution is -1.81. The summed E-state index contributed by atoms with van der Waals surface area (Å²) in [5.41, 5.74) is 1.64. The van der Waals surface area contributed by atoms with Gasteiger partial charge in [0.05, 0.1) is 15.6 Å². The van der Waals surface area contributed by atoms with E-state index in [9.17, 15) is 0 Å². The van der Waals surface area contributed by atoms with Crippen molar-refractivity contribution in [2.75, 3.05) is 0 Å². The number of benzene rings is 1. The third-order valence-corrected chi connectivity index (χ3v) is 3.41. The van der Waals surface area contributed by atoms with E-state index in [-0.39, 0.29) is 0 Å². The lowest BCUT2D eigenvalue weighted by molar-refractivity contribution is 0.619. The highest BCUT2D eigenvalue weighted by atomic mass is 35.5. The van der Waals surface area contributed by atoms with Crippen LogP contribution in [0.4, 0.5) is 0 Å². The largest absolute Gasteiger partial charge is 0.434 e. The fourth-order valence-electron chi connectivity index (χ4n) is 1.60. The van der Waals surface area contributed by atoms with Gasteiger partial charge in [-0.25, -0.2) is 4.98 Å². The minimum absolute atomic E-state index is 0.345. The van der Waals surface area contributed by atoms with E-state index in [1.165, 1.54) is 0 Å². The van der Waals surface area contributed by atoms with Crippen LogP contribution in [-0.2, 0) is 0 Å². The van der Waals surface area contributed by atoms with E-state index >= 15 is 0 Å². The lowest BCUT2D eigenvalue weighted by atomic mass is 10.2. The molecule has 0 atom stereocenters. The smallest absolute Gasteiger partial charge is 0.230 e. The van der Waals surface area contributed by atoms with Gasteiger partial charge >= 0.3 is 0 Å². The SMILES string of the molecule is Clc1cc(Cl)c(Cl)c(-c2nc3ncccc3o2)c1. The summed E-state index contributed by atoms with van der Waals surface area (Å²) in [6, 6.07) is 6.76. The number of rotatable bonds is 1. The van der Waals surface area contributed by atoms with E-state index < -0.39 is 0 Å². The Balaban J connectivity index is 2.26. The van der Waals surface area contributed by atoms with Crippen LogP contribution in [0.3, 0.4) is 0 Å². The van der Waals surface area contributed by atoms with E-state index in [1.54, 1.807) is 30.5 Å². The average molecular weight is 300 g/mol. The Bertz CT molecular complexity index is 706. The molecule has 2 heterocycles. The van der Waals surface area contributed by atoms with Crippen LogP contribution in [0, 0.1) is 0 Å². The number of pyridine rings is 1. The van der Waals surface area contributed by atoms with Crippen molar-refractivity contribution < 1.29 is 4.42 Å². The van der Waals surface area contributed by atoms with Crippen molar-refractivity contribution in [1.82, 2.24) is 9.97 Å². The van der Waals surface area contributed by atoms with Crippen LogP contribution in [0.25, 0.3) is 22.7 Å². The third kappa shape index (κ3) is 1.94. The zero-order valence-corrected chi connectivity index (χ0v) is 11.1. The van der Waals surface area contributed by atoms with Crippen LogP contribution in [0.2, 0.25) is 15.1 Å². The van der Waals surface area contributed by atoms with E-state index in [1.807, 2.05) is 0 Å². The molecule has 0 aliphatic heterocycles. The van der Waals surface area contributed by atoms with Gasteiger partial charge in [-0.15, -0.1) is 0 Å². The molecule has 0 spiro atoms. The molecule has 6 heteroatoms. The molecule has 3 aromatic rings. The predicted molar refractivity (Wildman–Crippen MR) is 72.3 cm³/mol. The summed E-state index contributed by atoms with van der Waals surface area (Å²) < 4.78 is 5.57. The predicted octanol–water partition coefficient (Wildman–Crippen LogP) is 4.85. The summed E-state index contributed by atoms with van der Waals surface area (Å²) in [6.45, 7) is 0. The molecule has 0 saturated heterocycles. The van der Waals surface area contributed by atoms with Crippen LogP contribution in [-0.4, -0.2) is 9.97 Å². The average Bonchev–Trinajstić information content (AvgIpc) is 2.77. The molecular formula is C12H5Cl3N2O. The molecule has 90 valence electrons. The molecular weight excluding hydrogens is 295 g/mol. The highest BCUT2D eigenvalue weighted by Crippen LogP contribution is 2.36. The molecule has 0 amide bonds. The van der Waals surface area contributed by atoms with Gasteiger partial charge in [0.2, 0.25) is 5.89 Å². The van der Waals surface area contributed by atoms with E-state index in [0.29, 0.717) is 37.8 Å². The van der Waals surface area contributed by atoms with E-state index in [0.717, 1.165) is 0 Å². The summed E-state index contributed by atoms with van der Waals surface area (Å²) in [5.74, 6) is 0.345. The minimum Gasteiger partial charge on any atom is -0.434 e. The summed E-state index contributed by atoms with van der Waals surface area (Å²) in [7, 11) is 0. The third-order valence-electron chi connectivity index (χ3n) is 2.39. The Morgan fingerprint density at radius 1 is 1.11 bits per heavy atom. The number of nitrogens with zero attached hydrogens (tertiary/aromatic N) is 2. The Labute approximate surface area is 117 Å². The zero-order valence-electron chi connectivity index (χ0n) is 8.82. The fourth-order valence-corrected chi connectivity index (χ4v) is 2.28. The molecule has 0 aliphatic rings. The number of oxazole rings is 1. The molecule has 3 rings (SSSR count). The normalized spacial score (nSPS) is 11.1.